The third-order valence-electron chi connectivity index (χ3n) is 5.93. The van der Waals surface area contributed by atoms with Gasteiger partial charge >= 0.3 is 0 Å². The van der Waals surface area contributed by atoms with Crippen molar-refractivity contribution in [2.75, 3.05) is 19.6 Å². The molecule has 2 atom stereocenters. The SMILES string of the molecule is CC1(C)CCCCC1C(=O)N(CC1CCCNC1)C1CC1. The van der Waals surface area contributed by atoms with Crippen molar-refractivity contribution < 1.29 is 4.79 Å². The molecule has 0 spiro atoms. The lowest BCUT2D eigenvalue weighted by atomic mass is 9.68. The van der Waals surface area contributed by atoms with Crippen molar-refractivity contribution >= 4 is 5.91 Å². The van der Waals surface area contributed by atoms with E-state index in [9.17, 15) is 4.79 Å². The number of carbonyl (C=O) groups excluding carboxylic acids is 1. The predicted octanol–water partition coefficient (Wildman–Crippen LogP) is 3.19. The summed E-state index contributed by atoms with van der Waals surface area (Å²) in [6, 6.07) is 0.567. The molecule has 1 amide bonds. The molecule has 21 heavy (non-hydrogen) atoms. The fourth-order valence-corrected chi connectivity index (χ4v) is 4.32. The molecule has 2 unspecified atom stereocenters. The molecule has 1 N–H and O–H groups in total. The van der Waals surface area contributed by atoms with Gasteiger partial charge in [0.25, 0.3) is 0 Å². The molecule has 0 aromatic heterocycles. The zero-order valence-electron chi connectivity index (χ0n) is 13.9. The first-order valence-electron chi connectivity index (χ1n) is 9.09. The highest BCUT2D eigenvalue weighted by Gasteiger charge is 2.43. The summed E-state index contributed by atoms with van der Waals surface area (Å²) < 4.78 is 0. The Bertz CT molecular complexity index is 369. The van der Waals surface area contributed by atoms with Gasteiger partial charge in [0.1, 0.15) is 0 Å². The monoisotopic (exact) mass is 292 g/mol. The standard InChI is InChI=1S/C18H32N2O/c1-18(2)10-4-3-7-16(18)17(21)20(15-8-9-15)13-14-6-5-11-19-12-14/h14-16,19H,3-13H2,1-2H3. The van der Waals surface area contributed by atoms with E-state index in [2.05, 4.69) is 24.1 Å². The van der Waals surface area contributed by atoms with E-state index in [1.54, 1.807) is 0 Å². The summed E-state index contributed by atoms with van der Waals surface area (Å²) in [6.45, 7) is 7.88. The molecule has 3 heteroatoms. The highest BCUT2D eigenvalue weighted by Crippen LogP contribution is 2.43. The fourth-order valence-electron chi connectivity index (χ4n) is 4.32. The van der Waals surface area contributed by atoms with Crippen molar-refractivity contribution in [3.63, 3.8) is 0 Å². The summed E-state index contributed by atoms with van der Waals surface area (Å²) in [4.78, 5) is 15.5. The maximum Gasteiger partial charge on any atom is 0.226 e. The second-order valence-corrected chi connectivity index (χ2v) is 8.22. The van der Waals surface area contributed by atoms with Gasteiger partial charge in [-0.15, -0.1) is 0 Å². The van der Waals surface area contributed by atoms with Crippen LogP contribution in [-0.2, 0) is 4.79 Å². The first-order chi connectivity index (χ1) is 10.1. The Kier molecular flexibility index (Phi) is 4.58. The zero-order valence-corrected chi connectivity index (χ0v) is 13.9. The summed E-state index contributed by atoms with van der Waals surface area (Å²) in [5.74, 6) is 1.42. The van der Waals surface area contributed by atoms with E-state index < -0.39 is 0 Å². The Morgan fingerprint density at radius 3 is 2.57 bits per heavy atom. The number of amides is 1. The van der Waals surface area contributed by atoms with E-state index in [1.807, 2.05) is 0 Å². The van der Waals surface area contributed by atoms with E-state index in [1.165, 1.54) is 44.9 Å². The van der Waals surface area contributed by atoms with Gasteiger partial charge < -0.3 is 10.2 Å². The Labute approximate surface area is 129 Å². The first-order valence-corrected chi connectivity index (χ1v) is 9.09. The minimum Gasteiger partial charge on any atom is -0.339 e. The minimum atomic E-state index is 0.202. The molecule has 2 aliphatic carbocycles. The molecule has 0 radical (unpaired) electrons. The van der Waals surface area contributed by atoms with Crippen molar-refractivity contribution in [2.45, 2.75) is 71.3 Å². The maximum atomic E-state index is 13.2. The van der Waals surface area contributed by atoms with Gasteiger partial charge in [-0.3, -0.25) is 4.79 Å². The Morgan fingerprint density at radius 1 is 1.14 bits per heavy atom. The quantitative estimate of drug-likeness (QED) is 0.863. The first kappa shape index (κ1) is 15.3. The third kappa shape index (κ3) is 3.61. The second kappa shape index (κ2) is 6.28. The number of hydrogen-bond donors (Lipinski definition) is 1. The van der Waals surface area contributed by atoms with Crippen molar-refractivity contribution in [3.05, 3.63) is 0 Å². The zero-order chi connectivity index (χ0) is 14.9. The van der Waals surface area contributed by atoms with Crippen molar-refractivity contribution in [1.29, 1.82) is 0 Å². The van der Waals surface area contributed by atoms with Crippen molar-refractivity contribution in [1.82, 2.24) is 10.2 Å². The van der Waals surface area contributed by atoms with Gasteiger partial charge in [0, 0.05) is 18.5 Å². The Hall–Kier alpha value is -0.570. The Balaban J connectivity index is 1.66. The summed E-state index contributed by atoms with van der Waals surface area (Å²) in [7, 11) is 0. The summed E-state index contributed by atoms with van der Waals surface area (Å²) in [5, 5.41) is 3.50. The molecule has 3 rings (SSSR count). The van der Waals surface area contributed by atoms with Crippen molar-refractivity contribution in [2.24, 2.45) is 17.3 Å². The fraction of sp³-hybridized carbons (Fsp3) is 0.944. The predicted molar refractivity (Wildman–Crippen MR) is 86.1 cm³/mol. The average Bonchev–Trinajstić information content (AvgIpc) is 3.29. The lowest BCUT2D eigenvalue weighted by Gasteiger charge is -2.41. The van der Waals surface area contributed by atoms with Gasteiger partial charge in [-0.2, -0.15) is 0 Å². The van der Waals surface area contributed by atoms with Crippen LogP contribution in [0.1, 0.15) is 65.2 Å². The molecular weight excluding hydrogens is 260 g/mol. The van der Waals surface area contributed by atoms with Crippen LogP contribution in [0.5, 0.6) is 0 Å². The van der Waals surface area contributed by atoms with E-state index >= 15 is 0 Å². The van der Waals surface area contributed by atoms with E-state index in [4.69, 9.17) is 0 Å². The van der Waals surface area contributed by atoms with Crippen LogP contribution < -0.4 is 5.32 Å². The topological polar surface area (TPSA) is 32.3 Å². The largest absolute Gasteiger partial charge is 0.339 e. The molecule has 120 valence electrons. The smallest absolute Gasteiger partial charge is 0.226 e. The molecule has 1 saturated heterocycles. The van der Waals surface area contributed by atoms with Crippen LogP contribution in [0.25, 0.3) is 0 Å². The summed E-state index contributed by atoms with van der Waals surface area (Å²) in [5.41, 5.74) is 0.202. The van der Waals surface area contributed by atoms with Gasteiger partial charge in [0.05, 0.1) is 0 Å². The van der Waals surface area contributed by atoms with Gasteiger partial charge in [0.15, 0.2) is 0 Å². The highest BCUT2D eigenvalue weighted by molar-refractivity contribution is 5.80. The van der Waals surface area contributed by atoms with Crippen LogP contribution in [0, 0.1) is 17.3 Å². The molecule has 3 aliphatic rings. The van der Waals surface area contributed by atoms with Gasteiger partial charge in [-0.25, -0.2) is 0 Å². The normalized spacial score (nSPS) is 32.7. The van der Waals surface area contributed by atoms with E-state index in [0.717, 1.165) is 26.1 Å². The second-order valence-electron chi connectivity index (χ2n) is 8.22. The lowest BCUT2D eigenvalue weighted by Crippen LogP contribution is -2.48. The molecule has 0 aromatic carbocycles. The minimum absolute atomic E-state index is 0.202. The number of hydrogen-bond acceptors (Lipinski definition) is 2. The summed E-state index contributed by atoms with van der Waals surface area (Å²) >= 11 is 0. The Morgan fingerprint density at radius 2 is 1.95 bits per heavy atom. The molecule has 0 aromatic rings. The van der Waals surface area contributed by atoms with Gasteiger partial charge in [-0.05, 0) is 62.9 Å². The molecule has 1 aliphatic heterocycles. The number of nitrogens with one attached hydrogen (secondary N) is 1. The number of carbonyl (C=O) groups is 1. The molecule has 2 saturated carbocycles. The number of rotatable bonds is 4. The van der Waals surface area contributed by atoms with Gasteiger partial charge in [0.2, 0.25) is 5.91 Å². The molecular formula is C18H32N2O. The van der Waals surface area contributed by atoms with Crippen molar-refractivity contribution in [3.8, 4) is 0 Å². The maximum absolute atomic E-state index is 13.2. The summed E-state index contributed by atoms with van der Waals surface area (Å²) in [6.07, 6.45) is 9.89. The molecule has 3 fully saturated rings. The number of piperidine rings is 1. The molecule has 3 nitrogen and oxygen atoms in total. The average molecular weight is 292 g/mol. The van der Waals surface area contributed by atoms with Crippen LogP contribution in [0.2, 0.25) is 0 Å². The lowest BCUT2D eigenvalue weighted by molar-refractivity contribution is -0.142. The highest BCUT2D eigenvalue weighted by atomic mass is 16.2. The van der Waals surface area contributed by atoms with E-state index in [0.29, 0.717) is 17.9 Å². The van der Waals surface area contributed by atoms with Crippen LogP contribution in [0.3, 0.4) is 0 Å². The van der Waals surface area contributed by atoms with Gasteiger partial charge in [-0.1, -0.05) is 26.7 Å². The van der Waals surface area contributed by atoms with E-state index in [-0.39, 0.29) is 11.3 Å². The van der Waals surface area contributed by atoms with Crippen LogP contribution in [0.15, 0.2) is 0 Å². The third-order valence-corrected chi connectivity index (χ3v) is 5.93. The van der Waals surface area contributed by atoms with Crippen LogP contribution in [0.4, 0.5) is 0 Å². The van der Waals surface area contributed by atoms with Crippen LogP contribution >= 0.6 is 0 Å². The molecule has 1 heterocycles. The number of nitrogens with zero attached hydrogens (tertiary/aromatic N) is 1. The van der Waals surface area contributed by atoms with Crippen LogP contribution in [-0.4, -0.2) is 36.5 Å². The molecule has 0 bridgehead atoms.